The predicted octanol–water partition coefficient (Wildman–Crippen LogP) is 1.31. The van der Waals surface area contributed by atoms with Crippen molar-refractivity contribution >= 4 is 0 Å². The summed E-state index contributed by atoms with van der Waals surface area (Å²) in [6.07, 6.45) is 0. The maximum absolute atomic E-state index is 5.55. The zero-order chi connectivity index (χ0) is 11.1. The van der Waals surface area contributed by atoms with Crippen LogP contribution in [0.25, 0.3) is 0 Å². The molecule has 0 saturated carbocycles. The quantitative estimate of drug-likeness (QED) is 0.599. The second kappa shape index (κ2) is 3.80. The average Bonchev–Trinajstić information content (AvgIpc) is 2.16. The largest absolute Gasteiger partial charge is 0.495 e. The van der Waals surface area contributed by atoms with Crippen LogP contribution in [0.15, 0.2) is 12.3 Å². The van der Waals surface area contributed by atoms with E-state index in [2.05, 4.69) is 37.1 Å². The highest BCUT2D eigenvalue weighted by Gasteiger charge is 2.36. The van der Waals surface area contributed by atoms with E-state index in [0.29, 0.717) is 6.04 Å². The van der Waals surface area contributed by atoms with Crippen LogP contribution in [-0.4, -0.2) is 54.2 Å². The molecule has 0 spiro atoms. The molecule has 2 rings (SSSR count). The minimum Gasteiger partial charge on any atom is -0.495 e. The van der Waals surface area contributed by atoms with Crippen molar-refractivity contribution in [3.63, 3.8) is 0 Å². The molecule has 2 saturated heterocycles. The summed E-state index contributed by atoms with van der Waals surface area (Å²) in [7, 11) is 0. The lowest BCUT2D eigenvalue weighted by Crippen LogP contribution is -2.60. The van der Waals surface area contributed by atoms with Crippen LogP contribution >= 0.6 is 0 Å². The number of fused-ring (bicyclic) bond motifs is 1. The summed E-state index contributed by atoms with van der Waals surface area (Å²) in [5.41, 5.74) is 0.254. The maximum Gasteiger partial charge on any atom is 0.107 e. The predicted molar refractivity (Wildman–Crippen MR) is 61.8 cm³/mol. The normalized spacial score (nSPS) is 29.8. The van der Waals surface area contributed by atoms with E-state index in [-0.39, 0.29) is 5.54 Å². The molecule has 1 unspecified atom stereocenters. The summed E-state index contributed by atoms with van der Waals surface area (Å²) in [5, 5.41) is 0. The molecule has 3 heteroatoms. The highest BCUT2D eigenvalue weighted by molar-refractivity contribution is 5.05. The molecule has 0 amide bonds. The molecule has 2 aliphatic heterocycles. The van der Waals surface area contributed by atoms with Crippen LogP contribution in [0.5, 0.6) is 0 Å². The molecular weight excluding hydrogens is 188 g/mol. The van der Waals surface area contributed by atoms with Crippen molar-refractivity contribution in [3.8, 4) is 0 Å². The van der Waals surface area contributed by atoms with Crippen molar-refractivity contribution < 1.29 is 4.74 Å². The summed E-state index contributed by atoms with van der Waals surface area (Å²) >= 11 is 0. The second-order valence-corrected chi connectivity index (χ2v) is 5.48. The second-order valence-electron chi connectivity index (χ2n) is 5.48. The monoisotopic (exact) mass is 210 g/mol. The third-order valence-corrected chi connectivity index (χ3v) is 3.48. The SMILES string of the molecule is C=C1OCCN2CCN(C(C)(C)C)CC12. The maximum atomic E-state index is 5.55. The Balaban J connectivity index is 2.05. The summed E-state index contributed by atoms with van der Waals surface area (Å²) in [5.74, 6) is 0.954. The summed E-state index contributed by atoms with van der Waals surface area (Å²) in [4.78, 5) is 5.02. The Bertz CT molecular complexity index is 257. The van der Waals surface area contributed by atoms with Crippen LogP contribution in [0.2, 0.25) is 0 Å². The van der Waals surface area contributed by atoms with Gasteiger partial charge in [-0.3, -0.25) is 9.80 Å². The van der Waals surface area contributed by atoms with Crippen LogP contribution in [-0.2, 0) is 4.74 Å². The van der Waals surface area contributed by atoms with Gasteiger partial charge in [-0.2, -0.15) is 0 Å². The molecule has 0 aromatic heterocycles. The molecule has 1 atom stereocenters. The Kier molecular flexibility index (Phi) is 2.77. The smallest absolute Gasteiger partial charge is 0.107 e. The fourth-order valence-corrected chi connectivity index (χ4v) is 2.39. The van der Waals surface area contributed by atoms with Gasteiger partial charge in [0, 0.05) is 31.7 Å². The summed E-state index contributed by atoms with van der Waals surface area (Å²) in [6, 6.07) is 0.409. The molecule has 0 bridgehead atoms. The van der Waals surface area contributed by atoms with Gasteiger partial charge in [-0.05, 0) is 20.8 Å². The topological polar surface area (TPSA) is 15.7 Å². The van der Waals surface area contributed by atoms with E-state index in [1.165, 1.54) is 0 Å². The zero-order valence-electron chi connectivity index (χ0n) is 10.1. The lowest BCUT2D eigenvalue weighted by Gasteiger charge is -2.48. The van der Waals surface area contributed by atoms with E-state index in [0.717, 1.165) is 38.5 Å². The van der Waals surface area contributed by atoms with Gasteiger partial charge >= 0.3 is 0 Å². The van der Waals surface area contributed by atoms with Crippen molar-refractivity contribution in [2.24, 2.45) is 0 Å². The van der Waals surface area contributed by atoms with Crippen molar-refractivity contribution in [1.29, 1.82) is 0 Å². The molecule has 86 valence electrons. The Labute approximate surface area is 92.7 Å². The van der Waals surface area contributed by atoms with E-state index in [4.69, 9.17) is 4.74 Å². The minimum atomic E-state index is 0.254. The molecule has 0 N–H and O–H groups in total. The standard InChI is InChI=1S/C12H22N2O/c1-10-11-9-14(12(2,3)4)6-5-13(11)7-8-15-10/h11H,1,5-9H2,2-4H3. The first-order valence-electron chi connectivity index (χ1n) is 5.79. The van der Waals surface area contributed by atoms with Crippen molar-refractivity contribution in [3.05, 3.63) is 12.3 Å². The van der Waals surface area contributed by atoms with Gasteiger partial charge in [0.2, 0.25) is 0 Å². The van der Waals surface area contributed by atoms with Gasteiger partial charge in [-0.25, -0.2) is 0 Å². The molecule has 0 aliphatic carbocycles. The Morgan fingerprint density at radius 3 is 2.67 bits per heavy atom. The first-order chi connectivity index (χ1) is 6.98. The van der Waals surface area contributed by atoms with Crippen LogP contribution in [0.1, 0.15) is 20.8 Å². The van der Waals surface area contributed by atoms with Crippen LogP contribution in [0.3, 0.4) is 0 Å². The van der Waals surface area contributed by atoms with Gasteiger partial charge in [0.05, 0.1) is 6.04 Å². The molecule has 0 aromatic carbocycles. The fraction of sp³-hybridized carbons (Fsp3) is 0.833. The van der Waals surface area contributed by atoms with Gasteiger partial charge in [0.25, 0.3) is 0 Å². The number of hydrogen-bond donors (Lipinski definition) is 0. The average molecular weight is 210 g/mol. The number of ether oxygens (including phenoxy) is 1. The fourth-order valence-electron chi connectivity index (χ4n) is 2.39. The Morgan fingerprint density at radius 2 is 2.00 bits per heavy atom. The molecular formula is C12H22N2O. The highest BCUT2D eigenvalue weighted by atomic mass is 16.5. The number of rotatable bonds is 0. The van der Waals surface area contributed by atoms with Crippen molar-refractivity contribution in [1.82, 2.24) is 9.80 Å². The number of morpholine rings is 1. The number of nitrogens with zero attached hydrogens (tertiary/aromatic N) is 2. The summed E-state index contributed by atoms with van der Waals surface area (Å²) < 4.78 is 5.55. The van der Waals surface area contributed by atoms with Crippen LogP contribution in [0, 0.1) is 0 Å². The van der Waals surface area contributed by atoms with E-state index < -0.39 is 0 Å². The zero-order valence-corrected chi connectivity index (χ0v) is 10.1. The van der Waals surface area contributed by atoms with Crippen LogP contribution in [0.4, 0.5) is 0 Å². The number of hydrogen-bond acceptors (Lipinski definition) is 3. The van der Waals surface area contributed by atoms with Gasteiger partial charge in [0.15, 0.2) is 0 Å². The molecule has 15 heavy (non-hydrogen) atoms. The van der Waals surface area contributed by atoms with E-state index in [9.17, 15) is 0 Å². The molecule has 3 nitrogen and oxygen atoms in total. The summed E-state index contributed by atoms with van der Waals surface area (Å²) in [6.45, 7) is 16.1. The highest BCUT2D eigenvalue weighted by Crippen LogP contribution is 2.25. The Hall–Kier alpha value is -0.540. The minimum absolute atomic E-state index is 0.254. The third kappa shape index (κ3) is 2.18. The molecule has 2 heterocycles. The molecule has 0 radical (unpaired) electrons. The molecule has 2 fully saturated rings. The van der Waals surface area contributed by atoms with Crippen LogP contribution < -0.4 is 0 Å². The van der Waals surface area contributed by atoms with Crippen molar-refractivity contribution in [2.45, 2.75) is 32.4 Å². The Morgan fingerprint density at radius 1 is 1.27 bits per heavy atom. The molecule has 0 aromatic rings. The van der Waals surface area contributed by atoms with E-state index in [1.54, 1.807) is 0 Å². The van der Waals surface area contributed by atoms with Gasteiger partial charge < -0.3 is 4.74 Å². The van der Waals surface area contributed by atoms with E-state index >= 15 is 0 Å². The number of piperazine rings is 1. The van der Waals surface area contributed by atoms with E-state index in [1.807, 2.05) is 0 Å². The van der Waals surface area contributed by atoms with Crippen molar-refractivity contribution in [2.75, 3.05) is 32.8 Å². The van der Waals surface area contributed by atoms with Gasteiger partial charge in [-0.1, -0.05) is 6.58 Å². The third-order valence-electron chi connectivity index (χ3n) is 3.48. The lowest BCUT2D eigenvalue weighted by molar-refractivity contribution is -0.0251. The van der Waals surface area contributed by atoms with Gasteiger partial charge in [0.1, 0.15) is 12.4 Å². The van der Waals surface area contributed by atoms with Gasteiger partial charge in [-0.15, -0.1) is 0 Å². The first-order valence-corrected chi connectivity index (χ1v) is 5.79. The molecule has 2 aliphatic rings. The first kappa shape index (κ1) is 11.0. The lowest BCUT2D eigenvalue weighted by atomic mass is 10.0.